The molecule has 0 aliphatic carbocycles. The molecule has 18 heavy (non-hydrogen) atoms. The molecule has 100 valence electrons. The van der Waals surface area contributed by atoms with Crippen LogP contribution in [0, 0.1) is 11.6 Å². The van der Waals surface area contributed by atoms with Crippen molar-refractivity contribution in [3.63, 3.8) is 0 Å². The van der Waals surface area contributed by atoms with E-state index in [0.717, 1.165) is 6.07 Å². The maximum Gasteiger partial charge on any atom is 0.223 e. The summed E-state index contributed by atoms with van der Waals surface area (Å²) in [6.07, 6.45) is 0.948. The summed E-state index contributed by atoms with van der Waals surface area (Å²) in [7, 11) is 3.49. The smallest absolute Gasteiger partial charge is 0.223 e. The van der Waals surface area contributed by atoms with E-state index in [9.17, 15) is 13.6 Å². The predicted molar refractivity (Wildman–Crippen MR) is 66.2 cm³/mol. The minimum Gasteiger partial charge on any atom is -0.345 e. The molecule has 0 aliphatic rings. The second kappa shape index (κ2) is 7.06. The van der Waals surface area contributed by atoms with E-state index < -0.39 is 11.6 Å². The van der Waals surface area contributed by atoms with Crippen LogP contribution in [0.15, 0.2) is 18.2 Å². The van der Waals surface area contributed by atoms with E-state index in [4.69, 9.17) is 0 Å². The topological polar surface area (TPSA) is 32.3 Å². The molecule has 0 saturated heterocycles. The number of carbonyl (C=O) groups excluding carboxylic acids is 1. The van der Waals surface area contributed by atoms with E-state index >= 15 is 0 Å². The molecule has 1 amide bonds. The number of halogens is 2. The summed E-state index contributed by atoms with van der Waals surface area (Å²) in [5.74, 6) is -1.67. The minimum absolute atomic E-state index is 0.0342. The number of amides is 1. The lowest BCUT2D eigenvalue weighted by atomic mass is 10.1. The summed E-state index contributed by atoms with van der Waals surface area (Å²) in [6.45, 7) is 1.13. The summed E-state index contributed by atoms with van der Waals surface area (Å²) in [6, 6.07) is 3.80. The second-order valence-electron chi connectivity index (χ2n) is 4.17. The van der Waals surface area contributed by atoms with Gasteiger partial charge < -0.3 is 10.2 Å². The Kier molecular flexibility index (Phi) is 5.71. The number of nitrogens with one attached hydrogen (secondary N) is 1. The second-order valence-corrected chi connectivity index (χ2v) is 4.17. The highest BCUT2D eigenvalue weighted by Gasteiger charge is 2.08. The molecule has 0 radical (unpaired) electrons. The molecule has 1 rings (SSSR count). The van der Waals surface area contributed by atoms with E-state index in [1.54, 1.807) is 19.0 Å². The number of rotatable bonds is 6. The van der Waals surface area contributed by atoms with Crippen LogP contribution in [-0.4, -0.2) is 38.0 Å². The summed E-state index contributed by atoms with van der Waals surface area (Å²) < 4.78 is 25.7. The Bertz CT molecular complexity index is 410. The van der Waals surface area contributed by atoms with Crippen molar-refractivity contribution >= 4 is 5.91 Å². The van der Waals surface area contributed by atoms with E-state index in [1.165, 1.54) is 12.1 Å². The molecule has 0 spiro atoms. The molecule has 0 unspecified atom stereocenters. The van der Waals surface area contributed by atoms with Gasteiger partial charge in [-0.15, -0.1) is 0 Å². The van der Waals surface area contributed by atoms with Gasteiger partial charge >= 0.3 is 0 Å². The monoisotopic (exact) mass is 256 g/mol. The van der Waals surface area contributed by atoms with Crippen LogP contribution in [-0.2, 0) is 11.2 Å². The molecule has 1 N–H and O–H groups in total. The Labute approximate surface area is 106 Å². The Hall–Kier alpha value is -1.49. The molecule has 0 atom stereocenters. The average Bonchev–Trinajstić information content (AvgIpc) is 2.36. The molecule has 0 bridgehead atoms. The van der Waals surface area contributed by atoms with Crippen molar-refractivity contribution in [2.24, 2.45) is 0 Å². The van der Waals surface area contributed by atoms with Crippen LogP contribution < -0.4 is 5.32 Å². The molecule has 0 heterocycles. The molecular weight excluding hydrogens is 238 g/mol. The van der Waals surface area contributed by atoms with Gasteiger partial charge in [0.2, 0.25) is 5.91 Å². The molecule has 3 nitrogen and oxygen atoms in total. The molecule has 0 aromatic heterocycles. The fourth-order valence-corrected chi connectivity index (χ4v) is 1.54. The molecule has 0 saturated carbocycles. The van der Waals surface area contributed by atoms with Gasteiger partial charge in [0.05, 0.1) is 0 Å². The first-order valence-electron chi connectivity index (χ1n) is 5.87. The van der Waals surface area contributed by atoms with Crippen molar-refractivity contribution in [1.29, 1.82) is 0 Å². The van der Waals surface area contributed by atoms with Crippen LogP contribution in [0.1, 0.15) is 12.0 Å². The van der Waals surface area contributed by atoms with Gasteiger partial charge in [-0.25, -0.2) is 8.78 Å². The molecule has 1 aromatic rings. The van der Waals surface area contributed by atoms with Crippen molar-refractivity contribution in [1.82, 2.24) is 10.2 Å². The van der Waals surface area contributed by atoms with Crippen LogP contribution in [0.2, 0.25) is 0 Å². The van der Waals surface area contributed by atoms with Gasteiger partial charge in [-0.1, -0.05) is 6.07 Å². The van der Waals surface area contributed by atoms with Gasteiger partial charge in [0.25, 0.3) is 0 Å². The number of likely N-dealkylation sites (N-methyl/N-ethyl adjacent to an activating group) is 1. The first-order chi connectivity index (χ1) is 8.54. The highest BCUT2D eigenvalue weighted by molar-refractivity contribution is 5.76. The maximum atomic E-state index is 13.0. The lowest BCUT2D eigenvalue weighted by Crippen LogP contribution is -2.30. The van der Waals surface area contributed by atoms with E-state index in [2.05, 4.69) is 5.32 Å². The van der Waals surface area contributed by atoms with Crippen LogP contribution >= 0.6 is 0 Å². The lowest BCUT2D eigenvalue weighted by molar-refractivity contribution is -0.129. The number of nitrogens with zero attached hydrogens (tertiary/aromatic N) is 1. The Morgan fingerprint density at radius 1 is 1.33 bits per heavy atom. The summed E-state index contributed by atoms with van der Waals surface area (Å²) in [5.41, 5.74) is 0.683. The Morgan fingerprint density at radius 3 is 2.67 bits per heavy atom. The molecular formula is C13H18F2N2O. The van der Waals surface area contributed by atoms with Gasteiger partial charge in [-0.2, -0.15) is 0 Å². The standard InChI is InChI=1S/C13H18F2N2O/c1-16-7-5-13(18)17(2)8-6-10-3-4-11(14)12(15)9-10/h3-4,9,16H,5-8H2,1-2H3. The van der Waals surface area contributed by atoms with Crippen LogP contribution in [0.4, 0.5) is 8.78 Å². The van der Waals surface area contributed by atoms with E-state index in [1.807, 2.05) is 0 Å². The van der Waals surface area contributed by atoms with Crippen LogP contribution in [0.25, 0.3) is 0 Å². The van der Waals surface area contributed by atoms with Gasteiger partial charge in [0.15, 0.2) is 11.6 Å². The lowest BCUT2D eigenvalue weighted by Gasteiger charge is -2.17. The Morgan fingerprint density at radius 2 is 2.06 bits per heavy atom. The fourth-order valence-electron chi connectivity index (χ4n) is 1.54. The van der Waals surface area contributed by atoms with E-state index in [-0.39, 0.29) is 5.91 Å². The van der Waals surface area contributed by atoms with E-state index in [0.29, 0.717) is 31.5 Å². The molecule has 1 aromatic carbocycles. The number of hydrogen-bond donors (Lipinski definition) is 1. The van der Waals surface area contributed by atoms with Gasteiger partial charge in [0, 0.05) is 26.6 Å². The van der Waals surface area contributed by atoms with Crippen molar-refractivity contribution < 1.29 is 13.6 Å². The quantitative estimate of drug-likeness (QED) is 0.838. The van der Waals surface area contributed by atoms with Gasteiger partial charge in [-0.05, 0) is 31.2 Å². The molecule has 0 fully saturated rings. The normalized spacial score (nSPS) is 10.4. The zero-order valence-corrected chi connectivity index (χ0v) is 10.7. The highest BCUT2D eigenvalue weighted by atomic mass is 19.2. The van der Waals surface area contributed by atoms with Crippen molar-refractivity contribution in [3.8, 4) is 0 Å². The SMILES string of the molecule is CNCCC(=O)N(C)CCc1ccc(F)c(F)c1. The summed E-state index contributed by atoms with van der Waals surface area (Å²) >= 11 is 0. The molecule has 5 heteroatoms. The highest BCUT2D eigenvalue weighted by Crippen LogP contribution is 2.09. The third kappa shape index (κ3) is 4.41. The average molecular weight is 256 g/mol. The van der Waals surface area contributed by atoms with Gasteiger partial charge in [0.1, 0.15) is 0 Å². The number of hydrogen-bond acceptors (Lipinski definition) is 2. The number of benzene rings is 1. The molecule has 0 aliphatic heterocycles. The zero-order valence-electron chi connectivity index (χ0n) is 10.7. The van der Waals surface area contributed by atoms with Crippen LogP contribution in [0.3, 0.4) is 0 Å². The third-order valence-electron chi connectivity index (χ3n) is 2.73. The van der Waals surface area contributed by atoms with Crippen molar-refractivity contribution in [3.05, 3.63) is 35.4 Å². The fraction of sp³-hybridized carbons (Fsp3) is 0.462. The van der Waals surface area contributed by atoms with Crippen molar-refractivity contribution in [2.45, 2.75) is 12.8 Å². The first-order valence-corrected chi connectivity index (χ1v) is 5.87. The maximum absolute atomic E-state index is 13.0. The largest absolute Gasteiger partial charge is 0.345 e. The summed E-state index contributed by atoms with van der Waals surface area (Å²) in [5, 5.41) is 2.90. The Balaban J connectivity index is 2.44. The minimum atomic E-state index is -0.850. The van der Waals surface area contributed by atoms with Crippen molar-refractivity contribution in [2.75, 3.05) is 27.2 Å². The first kappa shape index (κ1) is 14.6. The predicted octanol–water partition coefficient (Wildman–Crippen LogP) is 1.58. The summed E-state index contributed by atoms with van der Waals surface area (Å²) in [4.78, 5) is 13.2. The number of carbonyl (C=O) groups is 1. The van der Waals surface area contributed by atoms with Crippen LogP contribution in [0.5, 0.6) is 0 Å². The van der Waals surface area contributed by atoms with Gasteiger partial charge in [-0.3, -0.25) is 4.79 Å². The third-order valence-corrected chi connectivity index (χ3v) is 2.73. The zero-order chi connectivity index (χ0) is 13.5.